The molecule has 1 N–H and O–H groups in total. The first kappa shape index (κ1) is 20.6. The molecule has 2 atom stereocenters. The van der Waals surface area contributed by atoms with Crippen LogP contribution >= 0.6 is 22.6 Å². The molecule has 0 aliphatic heterocycles. The predicted molar refractivity (Wildman–Crippen MR) is 99.8 cm³/mol. The quantitative estimate of drug-likeness (QED) is 0.330. The number of rotatable bonds is 13. The zero-order valence-corrected chi connectivity index (χ0v) is 16.2. The SMILES string of the molecule is CCCCCCC[C@H]1C(=O)C=C(I)[C@H]1OCCCCCC(=O)O. The number of unbranched alkanes of at least 4 members (excludes halogenated alkanes) is 6. The highest BCUT2D eigenvalue weighted by molar-refractivity contribution is 14.1. The summed E-state index contributed by atoms with van der Waals surface area (Å²) < 4.78 is 6.95. The lowest BCUT2D eigenvalue weighted by molar-refractivity contribution is -0.137. The number of carboxylic acids is 1. The third-order valence-corrected chi connectivity index (χ3v) is 5.16. The molecule has 0 bridgehead atoms. The fourth-order valence-electron chi connectivity index (χ4n) is 2.89. The molecule has 0 unspecified atom stereocenters. The number of hydrogen-bond acceptors (Lipinski definition) is 3. The molecule has 0 fully saturated rings. The Balaban J connectivity index is 2.25. The van der Waals surface area contributed by atoms with Crippen LogP contribution in [0.15, 0.2) is 9.66 Å². The molecule has 1 aliphatic rings. The largest absolute Gasteiger partial charge is 0.481 e. The van der Waals surface area contributed by atoms with Gasteiger partial charge < -0.3 is 9.84 Å². The Morgan fingerprint density at radius 2 is 1.87 bits per heavy atom. The van der Waals surface area contributed by atoms with E-state index in [-0.39, 0.29) is 24.2 Å². The van der Waals surface area contributed by atoms with Gasteiger partial charge in [-0.3, -0.25) is 9.59 Å². The molecule has 4 nitrogen and oxygen atoms in total. The Morgan fingerprint density at radius 1 is 1.17 bits per heavy atom. The van der Waals surface area contributed by atoms with Gasteiger partial charge in [0.1, 0.15) is 0 Å². The fraction of sp³-hybridized carbons (Fsp3) is 0.778. The number of allylic oxidation sites excluding steroid dienone is 1. The van der Waals surface area contributed by atoms with Crippen molar-refractivity contribution in [3.63, 3.8) is 0 Å². The monoisotopic (exact) mass is 436 g/mol. The Kier molecular flexibility index (Phi) is 10.8. The highest BCUT2D eigenvalue weighted by Gasteiger charge is 2.35. The highest BCUT2D eigenvalue weighted by Crippen LogP contribution is 2.33. The summed E-state index contributed by atoms with van der Waals surface area (Å²) in [6.45, 7) is 2.80. The van der Waals surface area contributed by atoms with E-state index in [1.165, 1.54) is 25.7 Å². The van der Waals surface area contributed by atoms with Crippen LogP contribution in [0.2, 0.25) is 0 Å². The molecule has 0 saturated carbocycles. The van der Waals surface area contributed by atoms with Crippen molar-refractivity contribution in [1.29, 1.82) is 0 Å². The van der Waals surface area contributed by atoms with Crippen LogP contribution < -0.4 is 0 Å². The summed E-state index contributed by atoms with van der Waals surface area (Å²) in [4.78, 5) is 22.6. The van der Waals surface area contributed by atoms with E-state index < -0.39 is 5.97 Å². The van der Waals surface area contributed by atoms with Crippen molar-refractivity contribution < 1.29 is 19.4 Å². The average molecular weight is 436 g/mol. The van der Waals surface area contributed by atoms with Crippen LogP contribution in [0.1, 0.15) is 71.1 Å². The first-order valence-corrected chi connectivity index (χ1v) is 9.88. The van der Waals surface area contributed by atoms with Gasteiger partial charge in [0.05, 0.1) is 12.0 Å². The summed E-state index contributed by atoms with van der Waals surface area (Å²) in [6.07, 6.45) is 11.2. The second-order valence-electron chi connectivity index (χ2n) is 6.24. The van der Waals surface area contributed by atoms with Gasteiger partial charge in [-0.15, -0.1) is 0 Å². The Bertz CT molecular complexity index is 406. The smallest absolute Gasteiger partial charge is 0.303 e. The maximum Gasteiger partial charge on any atom is 0.303 e. The fourth-order valence-corrected chi connectivity index (χ4v) is 3.81. The second kappa shape index (κ2) is 12.0. The molecule has 0 radical (unpaired) electrons. The number of ether oxygens (including phenoxy) is 1. The molecule has 0 aromatic rings. The molecule has 0 heterocycles. The molecular weight excluding hydrogens is 407 g/mol. The van der Waals surface area contributed by atoms with Gasteiger partial charge in [0.15, 0.2) is 5.78 Å². The van der Waals surface area contributed by atoms with E-state index >= 15 is 0 Å². The van der Waals surface area contributed by atoms with Crippen molar-refractivity contribution in [2.45, 2.75) is 77.2 Å². The summed E-state index contributed by atoms with van der Waals surface area (Å²) in [5, 5.41) is 8.60. The van der Waals surface area contributed by atoms with Gasteiger partial charge in [-0.2, -0.15) is 0 Å². The summed E-state index contributed by atoms with van der Waals surface area (Å²) in [6, 6.07) is 0. The van der Waals surface area contributed by atoms with Crippen molar-refractivity contribution >= 4 is 34.3 Å². The standard InChI is InChI=1S/C18H29IO4/c1-2-3-4-5-7-10-14-16(20)13-15(19)18(14)23-12-9-6-8-11-17(21)22/h13-14,18H,2-12H2,1H3,(H,21,22)/t14-,18-/m0/s1. The lowest BCUT2D eigenvalue weighted by Gasteiger charge is -2.20. The minimum Gasteiger partial charge on any atom is -0.481 e. The minimum absolute atomic E-state index is 0.0115. The van der Waals surface area contributed by atoms with E-state index in [0.717, 1.165) is 29.3 Å². The zero-order valence-electron chi connectivity index (χ0n) is 14.1. The lowest BCUT2D eigenvalue weighted by Crippen LogP contribution is -2.25. The normalized spacial score (nSPS) is 20.8. The second-order valence-corrected chi connectivity index (χ2v) is 7.48. The topological polar surface area (TPSA) is 63.6 Å². The van der Waals surface area contributed by atoms with Crippen molar-refractivity contribution in [1.82, 2.24) is 0 Å². The van der Waals surface area contributed by atoms with Crippen LogP contribution in [0.3, 0.4) is 0 Å². The molecule has 5 heteroatoms. The highest BCUT2D eigenvalue weighted by atomic mass is 127. The van der Waals surface area contributed by atoms with Gasteiger partial charge in [0.25, 0.3) is 0 Å². The van der Waals surface area contributed by atoms with Gasteiger partial charge in [0.2, 0.25) is 0 Å². The molecule has 1 rings (SSSR count). The first-order valence-electron chi connectivity index (χ1n) is 8.80. The Morgan fingerprint density at radius 3 is 2.57 bits per heavy atom. The van der Waals surface area contributed by atoms with E-state index in [2.05, 4.69) is 29.5 Å². The summed E-state index contributed by atoms with van der Waals surface area (Å²) in [7, 11) is 0. The molecular formula is C18H29IO4. The third-order valence-electron chi connectivity index (χ3n) is 4.23. The molecule has 0 spiro atoms. The number of carbonyl (C=O) groups is 2. The van der Waals surface area contributed by atoms with E-state index in [4.69, 9.17) is 9.84 Å². The zero-order chi connectivity index (χ0) is 17.1. The average Bonchev–Trinajstić information content (AvgIpc) is 2.76. The number of carboxylic acid groups (broad SMARTS) is 1. The summed E-state index contributed by atoms with van der Waals surface area (Å²) in [5.41, 5.74) is 0. The van der Waals surface area contributed by atoms with Crippen LogP contribution in [-0.4, -0.2) is 29.6 Å². The summed E-state index contributed by atoms with van der Waals surface area (Å²) >= 11 is 2.21. The van der Waals surface area contributed by atoms with Crippen molar-refractivity contribution in [3.8, 4) is 0 Å². The van der Waals surface area contributed by atoms with Crippen LogP contribution in [0, 0.1) is 5.92 Å². The molecule has 1 aliphatic carbocycles. The van der Waals surface area contributed by atoms with Crippen molar-refractivity contribution in [2.24, 2.45) is 5.92 Å². The molecule has 0 aromatic heterocycles. The van der Waals surface area contributed by atoms with Gasteiger partial charge in [0, 0.05) is 16.6 Å². The van der Waals surface area contributed by atoms with Gasteiger partial charge >= 0.3 is 5.97 Å². The lowest BCUT2D eigenvalue weighted by atomic mass is 9.95. The van der Waals surface area contributed by atoms with Gasteiger partial charge in [-0.05, 0) is 47.9 Å². The molecule has 23 heavy (non-hydrogen) atoms. The Hall–Kier alpha value is -0.430. The van der Waals surface area contributed by atoms with Gasteiger partial charge in [-0.1, -0.05) is 45.4 Å². The summed E-state index contributed by atoms with van der Waals surface area (Å²) in [5.74, 6) is -0.545. The number of aliphatic carboxylic acids is 1. The molecule has 0 saturated heterocycles. The predicted octanol–water partition coefficient (Wildman–Crippen LogP) is 4.89. The number of halogens is 1. The van der Waals surface area contributed by atoms with E-state index in [1.54, 1.807) is 6.08 Å². The molecule has 0 amide bonds. The van der Waals surface area contributed by atoms with Crippen LogP contribution in [-0.2, 0) is 14.3 Å². The number of ketones is 1. The van der Waals surface area contributed by atoms with Crippen LogP contribution in [0.4, 0.5) is 0 Å². The minimum atomic E-state index is -0.743. The van der Waals surface area contributed by atoms with Crippen LogP contribution in [0.25, 0.3) is 0 Å². The van der Waals surface area contributed by atoms with Crippen molar-refractivity contribution in [2.75, 3.05) is 6.61 Å². The van der Waals surface area contributed by atoms with Gasteiger partial charge in [-0.25, -0.2) is 0 Å². The molecule has 132 valence electrons. The number of carbonyl (C=O) groups excluding carboxylic acids is 1. The van der Waals surface area contributed by atoms with E-state index in [1.807, 2.05) is 0 Å². The Labute approximate surface area is 153 Å². The first-order chi connectivity index (χ1) is 11.1. The van der Waals surface area contributed by atoms with E-state index in [0.29, 0.717) is 13.0 Å². The molecule has 0 aromatic carbocycles. The van der Waals surface area contributed by atoms with E-state index in [9.17, 15) is 9.59 Å². The maximum atomic E-state index is 12.1. The maximum absolute atomic E-state index is 12.1. The van der Waals surface area contributed by atoms with Crippen LogP contribution in [0.5, 0.6) is 0 Å². The van der Waals surface area contributed by atoms with Crippen molar-refractivity contribution in [3.05, 3.63) is 9.66 Å². The third kappa shape index (κ3) is 8.29. The number of hydrogen-bond donors (Lipinski definition) is 1.